The van der Waals surface area contributed by atoms with Crippen LogP contribution in [-0.4, -0.2) is 19.7 Å². The lowest BCUT2D eigenvalue weighted by Crippen LogP contribution is -2.40. The van der Waals surface area contributed by atoms with Crippen LogP contribution in [0.3, 0.4) is 0 Å². The predicted octanol–water partition coefficient (Wildman–Crippen LogP) is 2.39. The van der Waals surface area contributed by atoms with Crippen molar-refractivity contribution < 1.29 is 4.74 Å². The maximum Gasteiger partial charge on any atom is 0.125 e. The fraction of sp³-hybridized carbons (Fsp3) is 0.571. The Kier molecular flexibility index (Phi) is 2.40. The van der Waals surface area contributed by atoms with Crippen molar-refractivity contribution in [3.63, 3.8) is 0 Å². The van der Waals surface area contributed by atoms with Crippen molar-refractivity contribution in [3.8, 4) is 5.75 Å². The molecule has 2 heteroatoms. The third kappa shape index (κ3) is 1.52. The number of piperidine rings is 1. The van der Waals surface area contributed by atoms with E-state index in [0.717, 1.165) is 25.4 Å². The van der Waals surface area contributed by atoms with Gasteiger partial charge < -0.3 is 10.1 Å². The minimum absolute atomic E-state index is 0.669. The van der Waals surface area contributed by atoms with Gasteiger partial charge in [0.2, 0.25) is 0 Å². The molecule has 0 unspecified atom stereocenters. The molecule has 1 fully saturated rings. The summed E-state index contributed by atoms with van der Waals surface area (Å²) < 4.78 is 5.94. The molecular weight excluding hydrogens is 198 g/mol. The summed E-state index contributed by atoms with van der Waals surface area (Å²) in [5.41, 5.74) is 4.11. The van der Waals surface area contributed by atoms with Crippen molar-refractivity contribution in [1.82, 2.24) is 5.32 Å². The van der Waals surface area contributed by atoms with Crippen molar-refractivity contribution in [2.24, 2.45) is 5.92 Å². The lowest BCUT2D eigenvalue weighted by Gasteiger charge is -2.38. The van der Waals surface area contributed by atoms with Crippen LogP contribution in [-0.2, 0) is 0 Å². The first-order chi connectivity index (χ1) is 7.75. The molecule has 0 amide bonds. The molecule has 2 heterocycles. The van der Waals surface area contributed by atoms with Gasteiger partial charge in [-0.05, 0) is 43.9 Å². The second-order valence-corrected chi connectivity index (χ2v) is 5.17. The lowest BCUT2D eigenvalue weighted by molar-refractivity contribution is 0.166. The Bertz CT molecular complexity index is 413. The molecule has 2 nitrogen and oxygen atoms in total. The van der Waals surface area contributed by atoms with Gasteiger partial charge in [0.15, 0.2) is 0 Å². The Labute approximate surface area is 97.0 Å². The highest BCUT2D eigenvalue weighted by Gasteiger charge is 2.33. The third-order valence-electron chi connectivity index (χ3n) is 3.90. The molecule has 2 aliphatic rings. The first-order valence-corrected chi connectivity index (χ1v) is 6.20. The van der Waals surface area contributed by atoms with Crippen molar-refractivity contribution in [2.45, 2.75) is 26.2 Å². The summed E-state index contributed by atoms with van der Waals surface area (Å²) in [6.07, 6.45) is 1.25. The molecule has 2 aliphatic heterocycles. The van der Waals surface area contributed by atoms with Gasteiger partial charge in [0, 0.05) is 12.5 Å². The summed E-state index contributed by atoms with van der Waals surface area (Å²) in [7, 11) is 0. The highest BCUT2D eigenvalue weighted by atomic mass is 16.5. The molecule has 1 saturated heterocycles. The van der Waals surface area contributed by atoms with E-state index in [4.69, 9.17) is 4.74 Å². The quantitative estimate of drug-likeness (QED) is 0.720. The van der Waals surface area contributed by atoms with Crippen LogP contribution in [0.2, 0.25) is 0 Å². The van der Waals surface area contributed by atoms with Crippen molar-refractivity contribution in [1.29, 1.82) is 0 Å². The average Bonchev–Trinajstić information content (AvgIpc) is 2.28. The van der Waals surface area contributed by atoms with Crippen LogP contribution in [0.15, 0.2) is 12.1 Å². The van der Waals surface area contributed by atoms with Crippen LogP contribution in [0.5, 0.6) is 5.75 Å². The first kappa shape index (κ1) is 10.2. The van der Waals surface area contributed by atoms with Gasteiger partial charge in [-0.1, -0.05) is 17.7 Å². The smallest absolute Gasteiger partial charge is 0.125 e. The van der Waals surface area contributed by atoms with Gasteiger partial charge >= 0.3 is 0 Å². The summed E-state index contributed by atoms with van der Waals surface area (Å²) >= 11 is 0. The van der Waals surface area contributed by atoms with Crippen LogP contribution in [0.4, 0.5) is 0 Å². The Morgan fingerprint density at radius 1 is 1.31 bits per heavy atom. The van der Waals surface area contributed by atoms with Crippen LogP contribution in [0.25, 0.3) is 0 Å². The number of nitrogens with one attached hydrogen (secondary N) is 1. The topological polar surface area (TPSA) is 21.3 Å². The maximum atomic E-state index is 5.94. The Morgan fingerprint density at radius 3 is 3.06 bits per heavy atom. The Hall–Kier alpha value is -1.02. The van der Waals surface area contributed by atoms with Crippen LogP contribution >= 0.6 is 0 Å². The van der Waals surface area contributed by atoms with Gasteiger partial charge in [0.05, 0.1) is 6.61 Å². The normalized spacial score (nSPS) is 27.9. The fourth-order valence-corrected chi connectivity index (χ4v) is 3.16. The largest absolute Gasteiger partial charge is 0.493 e. The number of aryl methyl sites for hydroxylation is 2. The second kappa shape index (κ2) is 3.77. The van der Waals surface area contributed by atoms with E-state index in [1.807, 2.05) is 0 Å². The molecule has 2 atom stereocenters. The predicted molar refractivity (Wildman–Crippen MR) is 65.1 cm³/mol. The Morgan fingerprint density at radius 2 is 2.19 bits per heavy atom. The summed E-state index contributed by atoms with van der Waals surface area (Å²) in [4.78, 5) is 0. The van der Waals surface area contributed by atoms with Crippen molar-refractivity contribution >= 4 is 0 Å². The second-order valence-electron chi connectivity index (χ2n) is 5.17. The van der Waals surface area contributed by atoms with E-state index in [2.05, 4.69) is 31.3 Å². The molecule has 0 aromatic heterocycles. The van der Waals surface area contributed by atoms with Gasteiger partial charge in [0.1, 0.15) is 5.75 Å². The van der Waals surface area contributed by atoms with E-state index in [9.17, 15) is 0 Å². The summed E-state index contributed by atoms with van der Waals surface area (Å²) in [5.74, 6) is 2.54. The van der Waals surface area contributed by atoms with E-state index in [-0.39, 0.29) is 0 Å². The minimum Gasteiger partial charge on any atom is -0.493 e. The monoisotopic (exact) mass is 217 g/mol. The highest BCUT2D eigenvalue weighted by Crippen LogP contribution is 2.42. The van der Waals surface area contributed by atoms with E-state index >= 15 is 0 Å². The zero-order chi connectivity index (χ0) is 11.1. The number of ether oxygens (including phenoxy) is 1. The summed E-state index contributed by atoms with van der Waals surface area (Å²) in [5, 5.41) is 3.46. The maximum absolute atomic E-state index is 5.94. The third-order valence-corrected chi connectivity index (χ3v) is 3.90. The zero-order valence-corrected chi connectivity index (χ0v) is 10.0. The SMILES string of the molecule is Cc1cc(C)c2c(c1)[C@@H]1CCNC[C@@H]1CO2. The van der Waals surface area contributed by atoms with Crippen molar-refractivity contribution in [3.05, 3.63) is 28.8 Å². The minimum atomic E-state index is 0.669. The number of hydrogen-bond donors (Lipinski definition) is 1. The number of hydrogen-bond acceptors (Lipinski definition) is 2. The number of fused-ring (bicyclic) bond motifs is 3. The molecule has 1 aromatic rings. The van der Waals surface area contributed by atoms with Gasteiger partial charge in [-0.25, -0.2) is 0 Å². The molecule has 0 saturated carbocycles. The summed E-state index contributed by atoms with van der Waals surface area (Å²) in [6.45, 7) is 7.48. The van der Waals surface area contributed by atoms with E-state index in [1.165, 1.54) is 23.1 Å². The molecule has 1 aromatic carbocycles. The molecule has 16 heavy (non-hydrogen) atoms. The van der Waals surface area contributed by atoms with Gasteiger partial charge in [-0.2, -0.15) is 0 Å². The Balaban J connectivity index is 2.06. The molecular formula is C14H19NO. The van der Waals surface area contributed by atoms with Crippen LogP contribution in [0, 0.1) is 19.8 Å². The molecule has 3 rings (SSSR count). The summed E-state index contributed by atoms with van der Waals surface area (Å²) in [6, 6.07) is 4.55. The average molecular weight is 217 g/mol. The van der Waals surface area contributed by atoms with E-state index < -0.39 is 0 Å². The van der Waals surface area contributed by atoms with Crippen molar-refractivity contribution in [2.75, 3.05) is 19.7 Å². The molecule has 0 spiro atoms. The van der Waals surface area contributed by atoms with Gasteiger partial charge in [0.25, 0.3) is 0 Å². The van der Waals surface area contributed by atoms with Gasteiger partial charge in [-0.3, -0.25) is 0 Å². The molecule has 1 N–H and O–H groups in total. The molecule has 0 radical (unpaired) electrons. The number of rotatable bonds is 0. The fourth-order valence-electron chi connectivity index (χ4n) is 3.16. The van der Waals surface area contributed by atoms with E-state index in [1.54, 1.807) is 0 Å². The van der Waals surface area contributed by atoms with E-state index in [0.29, 0.717) is 11.8 Å². The first-order valence-electron chi connectivity index (χ1n) is 6.20. The zero-order valence-electron chi connectivity index (χ0n) is 10.0. The number of benzene rings is 1. The van der Waals surface area contributed by atoms with Crippen LogP contribution < -0.4 is 10.1 Å². The highest BCUT2D eigenvalue weighted by molar-refractivity contribution is 5.47. The lowest BCUT2D eigenvalue weighted by atomic mass is 9.78. The molecule has 0 bridgehead atoms. The molecule has 0 aliphatic carbocycles. The standard InChI is InChI=1S/C14H19NO/c1-9-5-10(2)14-13(6-9)12-3-4-15-7-11(12)8-16-14/h5-6,11-12,15H,3-4,7-8H2,1-2H3/t11-,12-/m1/s1. The van der Waals surface area contributed by atoms with Crippen LogP contribution in [0.1, 0.15) is 29.0 Å². The van der Waals surface area contributed by atoms with Gasteiger partial charge in [-0.15, -0.1) is 0 Å². The molecule has 86 valence electrons.